The summed E-state index contributed by atoms with van der Waals surface area (Å²) in [5.74, 6) is 2.42. The molecule has 18 heavy (non-hydrogen) atoms. The van der Waals surface area contributed by atoms with Crippen molar-refractivity contribution in [2.75, 3.05) is 0 Å². The number of hydrogen-bond acceptors (Lipinski definition) is 6. The molecule has 0 amide bonds. The molecular formula is C3B3F3K3N3O3. The zero-order chi connectivity index (χ0) is 12.9. The van der Waals surface area contributed by atoms with Crippen LogP contribution in [-0.4, -0.2) is 21.6 Å². The molecule has 0 heterocycles. The second-order valence-corrected chi connectivity index (χ2v) is 1.34. The van der Waals surface area contributed by atoms with Gasteiger partial charge in [0.05, 0.1) is 0 Å². The van der Waals surface area contributed by atoms with E-state index < -0.39 is 21.6 Å². The third kappa shape index (κ3) is 75.0. The van der Waals surface area contributed by atoms with Gasteiger partial charge in [-0.05, 0) is 0 Å². The fraction of sp³-hybridized carbons (Fsp3) is 0. The predicted molar refractivity (Wildman–Crippen MR) is 37.4 cm³/mol. The maximum Gasteiger partial charge on any atom is 1.00 e. The van der Waals surface area contributed by atoms with Crippen molar-refractivity contribution in [1.82, 2.24) is 0 Å². The van der Waals surface area contributed by atoms with Gasteiger partial charge in [-0.1, -0.05) is 0 Å². The Morgan fingerprint density at radius 3 is 0.667 bits per heavy atom. The normalized spacial score (nSPS) is 4.83. The Bertz CT molecular complexity index is 226. The van der Waals surface area contributed by atoms with Crippen molar-refractivity contribution in [3.63, 3.8) is 0 Å². The summed E-state index contributed by atoms with van der Waals surface area (Å²) in [6.45, 7) is 0. The zero-order valence-corrected chi connectivity index (χ0v) is 19.3. The minimum absolute atomic E-state index is 0. The van der Waals surface area contributed by atoms with Gasteiger partial charge in [-0.25, -0.2) is 15.8 Å². The van der Waals surface area contributed by atoms with E-state index in [9.17, 15) is 12.9 Å². The minimum atomic E-state index is -2.56. The Hall–Kier alpha value is 3.24. The molecule has 0 aliphatic heterocycles. The van der Waals surface area contributed by atoms with E-state index in [0.29, 0.717) is 0 Å². The van der Waals surface area contributed by atoms with Gasteiger partial charge >= 0.3 is 176 Å². The molecule has 0 saturated heterocycles. The first-order chi connectivity index (χ1) is 6.81. The van der Waals surface area contributed by atoms with E-state index in [4.69, 9.17) is 30.9 Å². The zero-order valence-electron chi connectivity index (χ0n) is 9.93. The number of nitriles is 3. The Morgan fingerprint density at radius 1 is 0.611 bits per heavy atom. The summed E-state index contributed by atoms with van der Waals surface area (Å²) in [6, 6.07) is 0. The van der Waals surface area contributed by atoms with E-state index in [2.05, 4.69) is 0 Å². The first-order valence-electron chi connectivity index (χ1n) is 2.90. The Kier molecular flexibility index (Phi) is 67.2. The van der Waals surface area contributed by atoms with Crippen molar-refractivity contribution in [2.45, 2.75) is 0 Å². The monoisotopic (exact) mass is 333 g/mol. The molecule has 0 aliphatic carbocycles. The predicted octanol–water partition coefficient (Wildman–Crippen LogP) is -12.4. The van der Waals surface area contributed by atoms with Crippen molar-refractivity contribution < 1.29 is 182 Å². The van der Waals surface area contributed by atoms with E-state index in [0.717, 1.165) is 17.9 Å². The smallest absolute Gasteiger partial charge is 0.840 e. The summed E-state index contributed by atoms with van der Waals surface area (Å²) in [5, 5.41) is 48.2. The summed E-state index contributed by atoms with van der Waals surface area (Å²) >= 11 is 0. The molecule has 0 radical (unpaired) electrons. The average Bonchev–Trinajstić information content (AvgIpc) is 2.19. The third-order valence-corrected chi connectivity index (χ3v) is 0.304. The molecule has 78 valence electrons. The van der Waals surface area contributed by atoms with E-state index >= 15 is 0 Å². The Labute approximate surface area is 231 Å². The Balaban J connectivity index is -0.0000000277. The van der Waals surface area contributed by atoms with Gasteiger partial charge in [0.2, 0.25) is 0 Å². The van der Waals surface area contributed by atoms with Crippen LogP contribution in [0.15, 0.2) is 0 Å². The van der Waals surface area contributed by atoms with Crippen LogP contribution in [0.4, 0.5) is 12.9 Å². The molecule has 0 spiro atoms. The summed E-state index contributed by atoms with van der Waals surface area (Å²) in [5.41, 5.74) is 0. The second-order valence-electron chi connectivity index (χ2n) is 1.34. The molecule has 0 bridgehead atoms. The molecule has 0 aromatic heterocycles. The molecular weight excluding hydrogens is 333 g/mol. The van der Waals surface area contributed by atoms with E-state index in [1.807, 2.05) is 0 Å². The number of hydrogen-bond donors (Lipinski definition) is 0. The van der Waals surface area contributed by atoms with Crippen LogP contribution in [0.3, 0.4) is 0 Å². The number of nitrogens with zero attached hydrogens (tertiary/aromatic N) is 3. The molecule has 0 saturated carbocycles. The van der Waals surface area contributed by atoms with Gasteiger partial charge in [0, 0.05) is 17.9 Å². The Morgan fingerprint density at radius 2 is 0.667 bits per heavy atom. The van der Waals surface area contributed by atoms with Crippen LogP contribution < -0.4 is 169 Å². The van der Waals surface area contributed by atoms with Crippen molar-refractivity contribution in [1.29, 1.82) is 15.8 Å². The van der Waals surface area contributed by atoms with Gasteiger partial charge in [0.25, 0.3) is 0 Å². The molecule has 6 nitrogen and oxygen atoms in total. The van der Waals surface area contributed by atoms with Crippen LogP contribution in [0.2, 0.25) is 0 Å². The second kappa shape index (κ2) is 32.3. The van der Waals surface area contributed by atoms with Crippen LogP contribution in [0.25, 0.3) is 0 Å². The van der Waals surface area contributed by atoms with Crippen LogP contribution in [0.5, 0.6) is 0 Å². The molecule has 0 unspecified atom stereocenters. The molecule has 0 aromatic rings. The molecule has 0 N–H and O–H groups in total. The largest absolute Gasteiger partial charge is 1.00 e. The molecule has 0 rings (SSSR count). The van der Waals surface area contributed by atoms with Crippen molar-refractivity contribution in [3.05, 3.63) is 0 Å². The van der Waals surface area contributed by atoms with E-state index in [-0.39, 0.29) is 154 Å². The molecule has 0 fully saturated rings. The van der Waals surface area contributed by atoms with Crippen LogP contribution in [0.1, 0.15) is 0 Å². The maximum atomic E-state index is 10.5. The topological polar surface area (TPSA) is 141 Å². The summed E-state index contributed by atoms with van der Waals surface area (Å²) in [7, 11) is -7.68. The van der Waals surface area contributed by atoms with Crippen molar-refractivity contribution in [2.24, 2.45) is 0 Å². The fourth-order valence-corrected chi connectivity index (χ4v) is 0. The first-order valence-corrected chi connectivity index (χ1v) is 2.90. The van der Waals surface area contributed by atoms with Gasteiger partial charge < -0.3 is 28.0 Å². The SMILES string of the molecule is N#CB([O-])F.N#CB([O-])F.N#CB([O-])F.[K+].[K+].[K+]. The number of halogens is 3. The van der Waals surface area contributed by atoms with Crippen LogP contribution in [0, 0.1) is 33.7 Å². The van der Waals surface area contributed by atoms with Crippen LogP contribution >= 0.6 is 0 Å². The minimum Gasteiger partial charge on any atom is -0.840 e. The third-order valence-electron chi connectivity index (χ3n) is 0.304. The fourth-order valence-electron chi connectivity index (χ4n) is 0. The number of rotatable bonds is 0. The molecule has 15 heteroatoms. The molecule has 0 aromatic carbocycles. The van der Waals surface area contributed by atoms with Crippen LogP contribution in [-0.2, 0) is 0 Å². The summed E-state index contributed by atoms with van der Waals surface area (Å²) in [6.07, 6.45) is 0. The van der Waals surface area contributed by atoms with Gasteiger partial charge in [-0.15, -0.1) is 0 Å². The van der Waals surface area contributed by atoms with E-state index in [1.54, 1.807) is 0 Å². The maximum absolute atomic E-state index is 10.5. The van der Waals surface area contributed by atoms with Gasteiger partial charge in [-0.3, -0.25) is 0 Å². The molecule has 0 aliphatic rings. The van der Waals surface area contributed by atoms with Gasteiger partial charge in [-0.2, -0.15) is 0 Å². The standard InChI is InChI=1S/3CBFNO.3K/c3*3-2(5)1-4;;;/q3*-1;3*+1. The van der Waals surface area contributed by atoms with Crippen molar-refractivity contribution in [3.8, 4) is 17.9 Å². The summed E-state index contributed by atoms with van der Waals surface area (Å²) in [4.78, 5) is 0. The molecule has 0 atom stereocenters. The quantitative estimate of drug-likeness (QED) is 0.403. The average molecular weight is 333 g/mol. The van der Waals surface area contributed by atoms with E-state index in [1.165, 1.54) is 0 Å². The van der Waals surface area contributed by atoms with Crippen molar-refractivity contribution >= 4 is 21.6 Å². The summed E-state index contributed by atoms with van der Waals surface area (Å²) < 4.78 is 31.5. The first kappa shape index (κ1) is 37.5. The van der Waals surface area contributed by atoms with Gasteiger partial charge in [0.15, 0.2) is 0 Å². The van der Waals surface area contributed by atoms with Gasteiger partial charge in [0.1, 0.15) is 0 Å².